The van der Waals surface area contributed by atoms with Crippen molar-refractivity contribution in [2.24, 2.45) is 0 Å². The Morgan fingerprint density at radius 1 is 1.03 bits per heavy atom. The van der Waals surface area contributed by atoms with E-state index in [4.69, 9.17) is 39.5 Å². The number of carbonyl (C=O) groups excluding carboxylic acids is 1. The first-order valence-corrected chi connectivity index (χ1v) is 12.2. The molecule has 0 bridgehead atoms. The molecule has 3 atom stereocenters. The molecule has 1 unspecified atom stereocenters. The Morgan fingerprint density at radius 2 is 1.67 bits per heavy atom. The Labute approximate surface area is 198 Å². The number of amides is 1. The van der Waals surface area contributed by atoms with Gasteiger partial charge in [0.05, 0.1) is 6.04 Å². The van der Waals surface area contributed by atoms with E-state index in [-0.39, 0.29) is 30.7 Å². The van der Waals surface area contributed by atoms with Crippen LogP contribution in [0.4, 0.5) is 0 Å². The summed E-state index contributed by atoms with van der Waals surface area (Å²) in [5.74, 6) is 0.864. The molecule has 0 radical (unpaired) electrons. The number of carbonyl (C=O) groups is 1. The molecule has 30 heavy (non-hydrogen) atoms. The molecule has 1 heterocycles. The molecule has 3 rings (SSSR count). The van der Waals surface area contributed by atoms with Crippen LogP contribution in [0.25, 0.3) is 0 Å². The number of thioether (sulfide) groups is 1. The predicted molar refractivity (Wildman–Crippen MR) is 128 cm³/mol. The van der Waals surface area contributed by atoms with Gasteiger partial charge in [0.25, 0.3) is 0 Å². The molecule has 3 nitrogen and oxygen atoms in total. The van der Waals surface area contributed by atoms with Crippen LogP contribution in [0.5, 0.6) is 0 Å². The molecule has 0 aromatic heterocycles. The molecule has 0 saturated carbocycles. The molecular formula is C23H26Cl3NO2S. The Balaban J connectivity index is 2.07. The first-order chi connectivity index (χ1) is 14.3. The third-order valence-electron chi connectivity index (χ3n) is 5.17. The monoisotopic (exact) mass is 485 g/mol. The van der Waals surface area contributed by atoms with Crippen molar-refractivity contribution >= 4 is 52.5 Å². The van der Waals surface area contributed by atoms with E-state index >= 15 is 0 Å². The fourth-order valence-corrected chi connectivity index (χ4v) is 5.44. The van der Waals surface area contributed by atoms with Crippen LogP contribution in [0.3, 0.4) is 0 Å². The first kappa shape index (κ1) is 23.7. The fourth-order valence-electron chi connectivity index (χ4n) is 3.77. The average Bonchev–Trinajstić information content (AvgIpc) is 2.69. The third kappa shape index (κ3) is 5.66. The van der Waals surface area contributed by atoms with Gasteiger partial charge in [0, 0.05) is 26.9 Å². The summed E-state index contributed by atoms with van der Waals surface area (Å²) in [6.07, 6.45) is 0.483. The molecule has 1 aliphatic rings. The first-order valence-electron chi connectivity index (χ1n) is 10.1. The average molecular weight is 487 g/mol. The van der Waals surface area contributed by atoms with Crippen LogP contribution < -0.4 is 0 Å². The zero-order chi connectivity index (χ0) is 21.8. The number of morpholine rings is 1. The number of ether oxygens (including phenoxy) is 1. The lowest BCUT2D eigenvalue weighted by molar-refractivity contribution is -0.162. The van der Waals surface area contributed by atoms with Crippen LogP contribution in [-0.4, -0.2) is 34.5 Å². The number of benzene rings is 2. The van der Waals surface area contributed by atoms with Crippen molar-refractivity contribution in [2.75, 3.05) is 12.4 Å². The number of hydrogen-bond donors (Lipinski definition) is 0. The maximum Gasteiger partial charge on any atom is 0.249 e. The van der Waals surface area contributed by atoms with Crippen LogP contribution in [-0.2, 0) is 9.53 Å². The second-order valence-electron chi connectivity index (χ2n) is 7.68. The Kier molecular flexibility index (Phi) is 8.39. The van der Waals surface area contributed by atoms with E-state index in [1.54, 1.807) is 6.07 Å². The summed E-state index contributed by atoms with van der Waals surface area (Å²) in [5, 5.41) is 2.23. The molecular weight excluding hydrogens is 461 g/mol. The topological polar surface area (TPSA) is 29.5 Å². The predicted octanol–water partition coefficient (Wildman–Crippen LogP) is 7.21. The maximum atomic E-state index is 13.1. The van der Waals surface area contributed by atoms with Crippen LogP contribution in [0.2, 0.25) is 15.1 Å². The molecule has 7 heteroatoms. The smallest absolute Gasteiger partial charge is 0.249 e. The summed E-state index contributed by atoms with van der Waals surface area (Å²) in [5.41, 5.74) is 1.83. The molecule has 1 fully saturated rings. The number of halogens is 3. The van der Waals surface area contributed by atoms with Gasteiger partial charge < -0.3 is 9.64 Å². The van der Waals surface area contributed by atoms with Crippen molar-refractivity contribution in [3.8, 4) is 0 Å². The van der Waals surface area contributed by atoms with Crippen LogP contribution in [0.15, 0.2) is 42.5 Å². The van der Waals surface area contributed by atoms with Gasteiger partial charge in [-0.05, 0) is 53.1 Å². The van der Waals surface area contributed by atoms with Crippen molar-refractivity contribution in [1.82, 2.24) is 4.90 Å². The zero-order valence-electron chi connectivity index (χ0n) is 17.3. The summed E-state index contributed by atoms with van der Waals surface area (Å²) in [4.78, 5) is 15.1. The van der Waals surface area contributed by atoms with Gasteiger partial charge in [-0.2, -0.15) is 11.8 Å². The summed E-state index contributed by atoms with van der Waals surface area (Å²) in [6.45, 7) is 6.50. The normalized spacial score (nSPS) is 20.6. The molecule has 162 valence electrons. The van der Waals surface area contributed by atoms with Crippen molar-refractivity contribution in [3.63, 3.8) is 0 Å². The van der Waals surface area contributed by atoms with Gasteiger partial charge in [-0.1, -0.05) is 67.7 Å². The van der Waals surface area contributed by atoms with Crippen molar-refractivity contribution in [3.05, 3.63) is 68.7 Å². The summed E-state index contributed by atoms with van der Waals surface area (Å²) < 4.78 is 6.09. The van der Waals surface area contributed by atoms with E-state index in [0.29, 0.717) is 20.3 Å². The molecule has 2 aromatic rings. The highest BCUT2D eigenvalue weighted by molar-refractivity contribution is 7.99. The Morgan fingerprint density at radius 3 is 2.23 bits per heavy atom. The molecule has 0 aliphatic carbocycles. The minimum atomic E-state index is -0.377. The Hall–Kier alpha value is -0.910. The Bertz CT molecular complexity index is 855. The lowest BCUT2D eigenvalue weighted by Gasteiger charge is -2.45. The highest BCUT2D eigenvalue weighted by atomic mass is 35.5. The number of nitrogens with zero attached hydrogens (tertiary/aromatic N) is 1. The number of rotatable bonds is 7. The quantitative estimate of drug-likeness (QED) is 0.414. The van der Waals surface area contributed by atoms with Gasteiger partial charge in [-0.15, -0.1) is 0 Å². The van der Waals surface area contributed by atoms with E-state index in [0.717, 1.165) is 23.3 Å². The van der Waals surface area contributed by atoms with E-state index < -0.39 is 0 Å². The highest BCUT2D eigenvalue weighted by Crippen LogP contribution is 2.43. The van der Waals surface area contributed by atoms with Gasteiger partial charge in [0.1, 0.15) is 12.7 Å². The van der Waals surface area contributed by atoms with Crippen molar-refractivity contribution < 1.29 is 9.53 Å². The van der Waals surface area contributed by atoms with E-state index in [1.807, 2.05) is 53.1 Å². The van der Waals surface area contributed by atoms with Crippen LogP contribution >= 0.6 is 46.6 Å². The van der Waals surface area contributed by atoms with Crippen molar-refractivity contribution in [2.45, 2.75) is 50.6 Å². The van der Waals surface area contributed by atoms with Gasteiger partial charge in [-0.3, -0.25) is 4.79 Å². The van der Waals surface area contributed by atoms with Gasteiger partial charge in [-0.25, -0.2) is 0 Å². The molecule has 0 spiro atoms. The van der Waals surface area contributed by atoms with Crippen LogP contribution in [0.1, 0.15) is 50.5 Å². The third-order valence-corrected chi connectivity index (χ3v) is 7.10. The second kappa shape index (κ2) is 10.6. The minimum absolute atomic E-state index is 0.00414. The van der Waals surface area contributed by atoms with Gasteiger partial charge >= 0.3 is 0 Å². The lowest BCUT2D eigenvalue weighted by Crippen LogP contribution is -2.51. The van der Waals surface area contributed by atoms with E-state index in [1.165, 1.54) is 0 Å². The second-order valence-corrected chi connectivity index (χ2v) is 10.6. The molecule has 1 saturated heterocycles. The highest BCUT2D eigenvalue weighted by Gasteiger charge is 2.41. The SMILES string of the molecule is CCC(CSC(C)C)N1C(=O)CO[C@H](c2cc(Cl)cc(Cl)c2)[C@H]1c1ccc(Cl)cc1. The van der Waals surface area contributed by atoms with E-state index in [2.05, 4.69) is 20.8 Å². The van der Waals surface area contributed by atoms with Gasteiger partial charge in [0.2, 0.25) is 5.91 Å². The summed E-state index contributed by atoms with van der Waals surface area (Å²) in [6, 6.07) is 12.8. The minimum Gasteiger partial charge on any atom is -0.361 e. The van der Waals surface area contributed by atoms with Crippen molar-refractivity contribution in [1.29, 1.82) is 0 Å². The molecule has 1 amide bonds. The summed E-state index contributed by atoms with van der Waals surface area (Å²) in [7, 11) is 0. The maximum absolute atomic E-state index is 13.1. The van der Waals surface area contributed by atoms with E-state index in [9.17, 15) is 4.79 Å². The zero-order valence-corrected chi connectivity index (χ0v) is 20.4. The molecule has 0 N–H and O–H groups in total. The fraction of sp³-hybridized carbons (Fsp3) is 0.435. The molecule has 1 aliphatic heterocycles. The lowest BCUT2D eigenvalue weighted by atomic mass is 9.91. The number of hydrogen-bond acceptors (Lipinski definition) is 3. The van der Waals surface area contributed by atoms with Crippen LogP contribution in [0, 0.1) is 0 Å². The summed E-state index contributed by atoms with van der Waals surface area (Å²) >= 11 is 20.6. The van der Waals surface area contributed by atoms with Gasteiger partial charge in [0.15, 0.2) is 0 Å². The molecule has 2 aromatic carbocycles. The standard InChI is InChI=1S/C23H26Cl3NO2S/c1-4-20(13-30-14(2)3)27-21(28)12-29-23(16-9-18(25)11-19(26)10-16)22(27)15-5-7-17(24)8-6-15/h5-11,14,20,22-23H,4,12-13H2,1-3H3/t20?,22-,23-/m1/s1. The largest absolute Gasteiger partial charge is 0.361 e.